The second kappa shape index (κ2) is 8.72. The highest BCUT2D eigenvalue weighted by atomic mass is 127. The average molecular weight is 417 g/mol. The van der Waals surface area contributed by atoms with Crippen LogP contribution in [0.1, 0.15) is 16.7 Å². The van der Waals surface area contributed by atoms with E-state index in [2.05, 4.69) is 20.7 Å². The summed E-state index contributed by atoms with van der Waals surface area (Å²) < 4.78 is 15.2. The van der Waals surface area contributed by atoms with Gasteiger partial charge in [-0.05, 0) is 24.1 Å². The van der Waals surface area contributed by atoms with Crippen LogP contribution in [-0.2, 0) is 20.1 Å². The summed E-state index contributed by atoms with van der Waals surface area (Å²) in [5.41, 5.74) is 2.60. The topological polar surface area (TPSA) is 54.2 Å². The molecule has 0 fully saturated rings. The lowest BCUT2D eigenvalue weighted by atomic mass is 10.1. The Morgan fingerprint density at radius 1 is 1.27 bits per heavy atom. The van der Waals surface area contributed by atoms with E-state index in [0.29, 0.717) is 24.6 Å². The molecule has 7 heteroatoms. The molecular weight excluding hydrogens is 396 g/mol. The summed E-state index contributed by atoms with van der Waals surface area (Å²) >= 11 is 0. The van der Waals surface area contributed by atoms with Gasteiger partial charge < -0.3 is 10.6 Å². The lowest BCUT2D eigenvalue weighted by Gasteiger charge is -2.11. The monoisotopic (exact) mass is 417 g/mol. The molecule has 0 aliphatic rings. The summed E-state index contributed by atoms with van der Waals surface area (Å²) in [6, 6.07) is 5.22. The smallest absolute Gasteiger partial charge is 0.191 e. The predicted octanol–water partition coefficient (Wildman–Crippen LogP) is 2.35. The first-order chi connectivity index (χ1) is 10.1. The van der Waals surface area contributed by atoms with Crippen molar-refractivity contribution in [2.75, 3.05) is 7.05 Å². The van der Waals surface area contributed by atoms with Gasteiger partial charge in [0.05, 0.1) is 6.20 Å². The van der Waals surface area contributed by atoms with Gasteiger partial charge in [-0.25, -0.2) is 4.39 Å². The lowest BCUT2D eigenvalue weighted by Crippen LogP contribution is -2.36. The molecule has 0 bridgehead atoms. The lowest BCUT2D eigenvalue weighted by molar-refractivity contribution is 0.615. The number of hydrogen-bond donors (Lipinski definition) is 2. The van der Waals surface area contributed by atoms with Gasteiger partial charge >= 0.3 is 0 Å². The van der Waals surface area contributed by atoms with E-state index in [4.69, 9.17) is 0 Å². The van der Waals surface area contributed by atoms with Crippen molar-refractivity contribution in [2.24, 2.45) is 12.0 Å². The van der Waals surface area contributed by atoms with E-state index < -0.39 is 0 Å². The third-order valence-electron chi connectivity index (χ3n) is 3.14. The Labute approximate surface area is 147 Å². The summed E-state index contributed by atoms with van der Waals surface area (Å²) in [5, 5.41) is 10.4. The molecule has 1 aromatic carbocycles. The van der Waals surface area contributed by atoms with Gasteiger partial charge in [-0.15, -0.1) is 24.0 Å². The normalized spacial score (nSPS) is 11.0. The number of benzene rings is 1. The maximum atomic E-state index is 13.5. The molecule has 2 N–H and O–H groups in total. The quantitative estimate of drug-likeness (QED) is 0.456. The standard InChI is InChI=1S/C15H20FN5.HI/c1-11-4-5-12(6-14(11)16)7-18-15(17-2)19-8-13-9-20-21(3)10-13;/h4-6,9-10H,7-8H2,1-3H3,(H2,17,18,19);1H. The highest BCUT2D eigenvalue weighted by Gasteiger charge is 2.02. The molecule has 0 amide bonds. The highest BCUT2D eigenvalue weighted by Crippen LogP contribution is 2.08. The molecule has 0 radical (unpaired) electrons. The van der Waals surface area contributed by atoms with E-state index in [1.54, 1.807) is 30.9 Å². The van der Waals surface area contributed by atoms with Crippen molar-refractivity contribution >= 4 is 29.9 Å². The van der Waals surface area contributed by atoms with Crippen LogP contribution in [0.15, 0.2) is 35.6 Å². The van der Waals surface area contributed by atoms with Gasteiger partial charge in [0.1, 0.15) is 5.82 Å². The van der Waals surface area contributed by atoms with E-state index in [1.165, 1.54) is 6.07 Å². The Morgan fingerprint density at radius 3 is 2.50 bits per heavy atom. The third kappa shape index (κ3) is 5.28. The van der Waals surface area contributed by atoms with Gasteiger partial charge in [0.15, 0.2) is 5.96 Å². The predicted molar refractivity (Wildman–Crippen MR) is 96.8 cm³/mol. The maximum absolute atomic E-state index is 13.5. The Kier molecular flexibility index (Phi) is 7.30. The molecule has 0 spiro atoms. The molecule has 2 aromatic rings. The van der Waals surface area contributed by atoms with Crippen molar-refractivity contribution in [1.29, 1.82) is 0 Å². The van der Waals surface area contributed by atoms with Crippen LogP contribution in [0, 0.1) is 12.7 Å². The fraction of sp³-hybridized carbons (Fsp3) is 0.333. The largest absolute Gasteiger partial charge is 0.352 e. The Morgan fingerprint density at radius 2 is 1.95 bits per heavy atom. The van der Waals surface area contributed by atoms with Gasteiger partial charge in [-0.3, -0.25) is 9.67 Å². The number of nitrogens with one attached hydrogen (secondary N) is 2. The molecule has 2 rings (SSSR count). The molecular formula is C15H21FIN5. The van der Waals surface area contributed by atoms with E-state index >= 15 is 0 Å². The summed E-state index contributed by atoms with van der Waals surface area (Å²) in [7, 11) is 3.58. The molecule has 1 heterocycles. The van der Waals surface area contributed by atoms with Gasteiger partial charge in [0.25, 0.3) is 0 Å². The minimum absolute atomic E-state index is 0. The SMILES string of the molecule is CN=C(NCc1ccc(C)c(F)c1)NCc1cnn(C)c1.I. The van der Waals surface area contributed by atoms with Gasteiger partial charge in [0, 0.05) is 38.9 Å². The van der Waals surface area contributed by atoms with Crippen LogP contribution in [0.3, 0.4) is 0 Å². The Balaban J connectivity index is 0.00000242. The first-order valence-electron chi connectivity index (χ1n) is 6.75. The Hall–Kier alpha value is -1.64. The van der Waals surface area contributed by atoms with Gasteiger partial charge in [-0.1, -0.05) is 12.1 Å². The van der Waals surface area contributed by atoms with Crippen molar-refractivity contribution < 1.29 is 4.39 Å². The molecule has 22 heavy (non-hydrogen) atoms. The molecule has 0 atom stereocenters. The van der Waals surface area contributed by atoms with Crippen LogP contribution in [0.25, 0.3) is 0 Å². The van der Waals surface area contributed by atoms with Crippen LogP contribution in [-0.4, -0.2) is 22.8 Å². The number of aliphatic imine (C=N–C) groups is 1. The second-order valence-corrected chi connectivity index (χ2v) is 4.89. The Bertz CT molecular complexity index is 639. The van der Waals surface area contributed by atoms with Crippen molar-refractivity contribution in [1.82, 2.24) is 20.4 Å². The maximum Gasteiger partial charge on any atom is 0.191 e. The molecule has 0 saturated heterocycles. The number of aryl methyl sites for hydroxylation is 2. The molecule has 0 aliphatic heterocycles. The summed E-state index contributed by atoms with van der Waals surface area (Å²) in [5.74, 6) is 0.479. The van der Waals surface area contributed by atoms with Crippen molar-refractivity contribution in [3.8, 4) is 0 Å². The van der Waals surface area contributed by atoms with Crippen LogP contribution in [0.4, 0.5) is 4.39 Å². The number of guanidine groups is 1. The van der Waals surface area contributed by atoms with Crippen LogP contribution in [0.2, 0.25) is 0 Å². The first kappa shape index (κ1) is 18.4. The fourth-order valence-corrected chi connectivity index (χ4v) is 1.90. The van der Waals surface area contributed by atoms with Crippen molar-refractivity contribution in [2.45, 2.75) is 20.0 Å². The zero-order valence-corrected chi connectivity index (χ0v) is 15.3. The number of halogens is 2. The van der Waals surface area contributed by atoms with Gasteiger partial charge in [-0.2, -0.15) is 5.10 Å². The summed E-state index contributed by atoms with van der Waals surface area (Å²) in [6.07, 6.45) is 3.74. The fourth-order valence-electron chi connectivity index (χ4n) is 1.90. The zero-order valence-electron chi connectivity index (χ0n) is 12.9. The molecule has 120 valence electrons. The number of aromatic nitrogens is 2. The van der Waals surface area contributed by atoms with Crippen molar-refractivity contribution in [3.05, 3.63) is 53.1 Å². The van der Waals surface area contributed by atoms with Crippen LogP contribution in [0.5, 0.6) is 0 Å². The first-order valence-corrected chi connectivity index (χ1v) is 6.75. The molecule has 0 saturated carbocycles. The number of rotatable bonds is 4. The van der Waals surface area contributed by atoms with Crippen LogP contribution >= 0.6 is 24.0 Å². The zero-order chi connectivity index (χ0) is 15.2. The van der Waals surface area contributed by atoms with Gasteiger partial charge in [0.2, 0.25) is 0 Å². The molecule has 1 aromatic heterocycles. The summed E-state index contributed by atoms with van der Waals surface area (Å²) in [6.45, 7) is 2.90. The summed E-state index contributed by atoms with van der Waals surface area (Å²) in [4.78, 5) is 4.14. The van der Waals surface area contributed by atoms with E-state index in [0.717, 1.165) is 11.1 Å². The third-order valence-corrected chi connectivity index (χ3v) is 3.14. The average Bonchev–Trinajstić information content (AvgIpc) is 2.88. The van der Waals surface area contributed by atoms with E-state index in [-0.39, 0.29) is 29.8 Å². The minimum atomic E-state index is -0.187. The van der Waals surface area contributed by atoms with E-state index in [9.17, 15) is 4.39 Å². The molecule has 0 aliphatic carbocycles. The van der Waals surface area contributed by atoms with E-state index in [1.807, 2.05) is 19.3 Å². The number of hydrogen-bond acceptors (Lipinski definition) is 2. The highest BCUT2D eigenvalue weighted by molar-refractivity contribution is 14.0. The minimum Gasteiger partial charge on any atom is -0.352 e. The van der Waals surface area contributed by atoms with Crippen LogP contribution < -0.4 is 10.6 Å². The molecule has 0 unspecified atom stereocenters. The van der Waals surface area contributed by atoms with Crippen molar-refractivity contribution in [3.63, 3.8) is 0 Å². The number of nitrogens with zero attached hydrogens (tertiary/aromatic N) is 3. The second-order valence-electron chi connectivity index (χ2n) is 4.89. The molecule has 5 nitrogen and oxygen atoms in total.